The van der Waals surface area contributed by atoms with Gasteiger partial charge in [0, 0.05) is 17.3 Å². The van der Waals surface area contributed by atoms with E-state index in [0.29, 0.717) is 11.6 Å². The first kappa shape index (κ1) is 12.7. The molecule has 0 aliphatic rings. The van der Waals surface area contributed by atoms with Crippen LogP contribution in [0.25, 0.3) is 0 Å². The molecule has 1 heterocycles. The minimum absolute atomic E-state index is 0.125. The lowest BCUT2D eigenvalue weighted by atomic mass is 10.2. The lowest BCUT2D eigenvalue weighted by Gasteiger charge is -2.06. The van der Waals surface area contributed by atoms with E-state index < -0.39 is 0 Å². The summed E-state index contributed by atoms with van der Waals surface area (Å²) in [5, 5.41) is 9.27. The minimum Gasteiger partial charge on any atom is -0.376 e. The van der Waals surface area contributed by atoms with Gasteiger partial charge in [-0.1, -0.05) is 17.1 Å². The molecule has 96 valence electrons. The molecule has 2 aromatic rings. The van der Waals surface area contributed by atoms with Crippen molar-refractivity contribution in [2.24, 2.45) is 0 Å². The number of nitrogens with one attached hydrogen (secondary N) is 2. The van der Waals surface area contributed by atoms with E-state index in [1.165, 1.54) is 0 Å². The van der Waals surface area contributed by atoms with Crippen LogP contribution in [0.2, 0.25) is 0 Å². The number of carbonyl (C=O) groups is 1. The first-order valence-corrected chi connectivity index (χ1v) is 5.71. The van der Waals surface area contributed by atoms with Crippen LogP contribution >= 0.6 is 0 Å². The molecule has 2 rings (SSSR count). The lowest BCUT2D eigenvalue weighted by molar-refractivity contribution is -0.114. The summed E-state index contributed by atoms with van der Waals surface area (Å²) in [5.41, 5.74) is 1.56. The van der Waals surface area contributed by atoms with Crippen molar-refractivity contribution in [1.29, 1.82) is 0 Å². The van der Waals surface area contributed by atoms with E-state index >= 15 is 0 Å². The minimum atomic E-state index is -0.209. The Kier molecular flexibility index (Phi) is 3.84. The molecule has 0 spiro atoms. The second-order valence-electron chi connectivity index (χ2n) is 3.95. The van der Waals surface area contributed by atoms with Crippen LogP contribution < -0.4 is 10.6 Å². The van der Waals surface area contributed by atoms with E-state index in [9.17, 15) is 4.79 Å². The van der Waals surface area contributed by atoms with Gasteiger partial charge < -0.3 is 15.2 Å². The molecule has 0 atom stereocenters. The van der Waals surface area contributed by atoms with E-state index in [-0.39, 0.29) is 12.5 Å². The van der Waals surface area contributed by atoms with Gasteiger partial charge in [-0.25, -0.2) is 0 Å². The second-order valence-corrected chi connectivity index (χ2v) is 3.95. The van der Waals surface area contributed by atoms with Crippen LogP contribution in [0.3, 0.4) is 0 Å². The molecular formula is C14H13N3O2. The van der Waals surface area contributed by atoms with Crippen LogP contribution in [0.1, 0.15) is 11.3 Å². The Morgan fingerprint density at radius 1 is 1.47 bits per heavy atom. The Morgan fingerprint density at radius 2 is 2.32 bits per heavy atom. The van der Waals surface area contributed by atoms with Gasteiger partial charge in [-0.3, -0.25) is 4.79 Å². The van der Waals surface area contributed by atoms with Crippen LogP contribution in [-0.2, 0) is 4.79 Å². The van der Waals surface area contributed by atoms with Crippen molar-refractivity contribution in [3.05, 3.63) is 41.7 Å². The van der Waals surface area contributed by atoms with E-state index in [2.05, 4.69) is 21.7 Å². The lowest BCUT2D eigenvalue weighted by Crippen LogP contribution is -2.21. The van der Waals surface area contributed by atoms with E-state index in [0.717, 1.165) is 11.3 Å². The number of nitrogens with zero attached hydrogens (tertiary/aromatic N) is 1. The predicted molar refractivity (Wildman–Crippen MR) is 72.7 cm³/mol. The van der Waals surface area contributed by atoms with Gasteiger partial charge in [0.25, 0.3) is 0 Å². The zero-order chi connectivity index (χ0) is 13.7. The Bertz CT molecular complexity index is 626. The van der Waals surface area contributed by atoms with Gasteiger partial charge in [-0.2, -0.15) is 0 Å². The zero-order valence-corrected chi connectivity index (χ0v) is 10.4. The molecule has 1 aromatic carbocycles. The first-order valence-electron chi connectivity index (χ1n) is 5.71. The average Bonchev–Trinajstić information content (AvgIpc) is 2.82. The zero-order valence-electron chi connectivity index (χ0n) is 10.4. The molecule has 0 unspecified atom stereocenters. The fourth-order valence-corrected chi connectivity index (χ4v) is 1.51. The molecule has 0 aliphatic carbocycles. The fraction of sp³-hybridized carbons (Fsp3) is 0.143. The molecule has 0 radical (unpaired) electrons. The maximum Gasteiger partial charge on any atom is 0.244 e. The van der Waals surface area contributed by atoms with Gasteiger partial charge in [0.2, 0.25) is 5.91 Å². The van der Waals surface area contributed by atoms with Crippen LogP contribution in [0, 0.1) is 19.3 Å². The number of hydrogen-bond acceptors (Lipinski definition) is 4. The summed E-state index contributed by atoms with van der Waals surface area (Å²) in [7, 11) is 0. The summed E-state index contributed by atoms with van der Waals surface area (Å²) in [6, 6.07) is 8.94. The van der Waals surface area contributed by atoms with Gasteiger partial charge in [0.05, 0.1) is 6.54 Å². The molecular weight excluding hydrogens is 242 g/mol. The molecule has 5 nitrogen and oxygen atoms in total. The Labute approximate surface area is 111 Å². The highest BCUT2D eigenvalue weighted by Gasteiger charge is 2.05. The van der Waals surface area contributed by atoms with Crippen molar-refractivity contribution in [2.75, 3.05) is 17.2 Å². The molecule has 0 bridgehead atoms. The van der Waals surface area contributed by atoms with Gasteiger partial charge in [-0.15, -0.1) is 6.42 Å². The molecule has 2 N–H and O–H groups in total. The Balaban J connectivity index is 1.88. The third kappa shape index (κ3) is 3.61. The summed E-state index contributed by atoms with van der Waals surface area (Å²) < 4.78 is 4.85. The van der Waals surface area contributed by atoms with Crippen molar-refractivity contribution in [3.8, 4) is 12.3 Å². The third-order valence-corrected chi connectivity index (χ3v) is 2.38. The number of anilines is 2. The van der Waals surface area contributed by atoms with Crippen molar-refractivity contribution in [2.45, 2.75) is 6.92 Å². The van der Waals surface area contributed by atoms with Gasteiger partial charge in [0.15, 0.2) is 5.82 Å². The predicted octanol–water partition coefficient (Wildman–Crippen LogP) is 2.01. The summed E-state index contributed by atoms with van der Waals surface area (Å²) in [4.78, 5) is 11.7. The largest absolute Gasteiger partial charge is 0.376 e. The molecule has 1 amide bonds. The van der Waals surface area contributed by atoms with Gasteiger partial charge in [0.1, 0.15) is 5.76 Å². The van der Waals surface area contributed by atoms with Crippen LogP contribution in [-0.4, -0.2) is 17.6 Å². The van der Waals surface area contributed by atoms with E-state index in [1.807, 2.05) is 18.2 Å². The maximum atomic E-state index is 11.7. The molecule has 5 heteroatoms. The van der Waals surface area contributed by atoms with E-state index in [1.54, 1.807) is 19.1 Å². The number of terminal acetylenes is 1. The summed E-state index contributed by atoms with van der Waals surface area (Å²) in [6.07, 6.45) is 5.30. The van der Waals surface area contributed by atoms with Crippen LogP contribution in [0.4, 0.5) is 11.5 Å². The summed E-state index contributed by atoms with van der Waals surface area (Å²) >= 11 is 0. The summed E-state index contributed by atoms with van der Waals surface area (Å²) in [5.74, 6) is 3.37. The van der Waals surface area contributed by atoms with E-state index in [4.69, 9.17) is 10.9 Å². The highest BCUT2D eigenvalue weighted by molar-refractivity contribution is 5.92. The van der Waals surface area contributed by atoms with Gasteiger partial charge in [-0.05, 0) is 25.1 Å². The summed E-state index contributed by atoms with van der Waals surface area (Å²) in [6.45, 7) is 1.88. The number of hydrogen-bond donors (Lipinski definition) is 2. The molecule has 0 aliphatic heterocycles. The van der Waals surface area contributed by atoms with Crippen molar-refractivity contribution in [1.82, 2.24) is 5.16 Å². The third-order valence-electron chi connectivity index (χ3n) is 2.38. The molecule has 0 saturated carbocycles. The Morgan fingerprint density at radius 3 is 3.00 bits per heavy atom. The SMILES string of the molecule is C#Cc1cccc(NCC(=O)Nc2cc(C)on2)c1. The highest BCUT2D eigenvalue weighted by atomic mass is 16.5. The fourth-order valence-electron chi connectivity index (χ4n) is 1.51. The first-order chi connectivity index (χ1) is 9.17. The second kappa shape index (κ2) is 5.74. The molecule has 0 fully saturated rings. The molecule has 19 heavy (non-hydrogen) atoms. The number of amides is 1. The topological polar surface area (TPSA) is 67.2 Å². The number of aryl methyl sites for hydroxylation is 1. The maximum absolute atomic E-state index is 11.7. The highest BCUT2D eigenvalue weighted by Crippen LogP contribution is 2.10. The Hall–Kier alpha value is -2.74. The number of carbonyl (C=O) groups excluding carboxylic acids is 1. The number of benzene rings is 1. The normalized spacial score (nSPS) is 9.68. The van der Waals surface area contributed by atoms with Crippen molar-refractivity contribution in [3.63, 3.8) is 0 Å². The number of rotatable bonds is 4. The monoisotopic (exact) mass is 255 g/mol. The smallest absolute Gasteiger partial charge is 0.244 e. The average molecular weight is 255 g/mol. The molecule has 1 aromatic heterocycles. The molecule has 0 saturated heterocycles. The van der Waals surface area contributed by atoms with Crippen LogP contribution in [0.5, 0.6) is 0 Å². The number of aromatic nitrogens is 1. The van der Waals surface area contributed by atoms with Crippen molar-refractivity contribution < 1.29 is 9.32 Å². The van der Waals surface area contributed by atoms with Gasteiger partial charge >= 0.3 is 0 Å². The van der Waals surface area contributed by atoms with Crippen LogP contribution in [0.15, 0.2) is 34.9 Å². The quantitative estimate of drug-likeness (QED) is 0.820. The standard InChI is InChI=1S/C14H13N3O2/c1-3-11-5-4-6-12(8-11)15-9-14(18)16-13-7-10(2)19-17-13/h1,4-8,15H,9H2,2H3,(H,16,17,18). The van der Waals surface area contributed by atoms with Crippen molar-refractivity contribution >= 4 is 17.4 Å².